The molecule has 0 saturated carbocycles. The van der Waals surface area contributed by atoms with Gasteiger partial charge in [-0.15, -0.1) is 0 Å². The lowest BCUT2D eigenvalue weighted by Gasteiger charge is -2.09. The number of nitrogens with one attached hydrogen (secondary N) is 1. The summed E-state index contributed by atoms with van der Waals surface area (Å²) in [6, 6.07) is 32.5. The average Bonchev–Trinajstić information content (AvgIpc) is 3.28. The molecular formula is C29H25N3O. The molecule has 0 saturated heterocycles. The fourth-order valence-corrected chi connectivity index (χ4v) is 4.06. The average molecular weight is 432 g/mol. The van der Waals surface area contributed by atoms with Gasteiger partial charge in [-0.3, -0.25) is 4.79 Å². The second-order valence-electron chi connectivity index (χ2n) is 8.22. The maximum Gasteiger partial charge on any atom is 0.224 e. The van der Waals surface area contributed by atoms with Gasteiger partial charge in [0.1, 0.15) is 0 Å². The number of para-hydroxylation sites is 1. The van der Waals surface area contributed by atoms with Gasteiger partial charge in [-0.05, 0) is 42.5 Å². The van der Waals surface area contributed by atoms with E-state index in [4.69, 9.17) is 5.10 Å². The lowest BCUT2D eigenvalue weighted by Crippen LogP contribution is -2.12. The maximum atomic E-state index is 12.9. The molecule has 1 aromatic heterocycles. The molecule has 4 nitrogen and oxygen atoms in total. The van der Waals surface area contributed by atoms with Crippen LogP contribution in [-0.2, 0) is 11.2 Å². The van der Waals surface area contributed by atoms with Gasteiger partial charge in [0.2, 0.25) is 5.91 Å². The summed E-state index contributed by atoms with van der Waals surface area (Å²) >= 11 is 0. The van der Waals surface area contributed by atoms with E-state index in [0.717, 1.165) is 39.0 Å². The monoisotopic (exact) mass is 431 g/mol. The summed E-state index contributed by atoms with van der Waals surface area (Å²) in [5.74, 6) is -0.00586. The van der Waals surface area contributed by atoms with Crippen LogP contribution < -0.4 is 5.32 Å². The van der Waals surface area contributed by atoms with Gasteiger partial charge in [0.15, 0.2) is 0 Å². The quantitative estimate of drug-likeness (QED) is 0.330. The highest BCUT2D eigenvalue weighted by Gasteiger charge is 2.14. The van der Waals surface area contributed by atoms with E-state index >= 15 is 0 Å². The molecule has 4 aromatic carbocycles. The molecule has 5 aromatic rings. The number of amides is 1. The Balaban J connectivity index is 1.39. The molecule has 0 aliphatic carbocycles. The van der Waals surface area contributed by atoms with Gasteiger partial charge < -0.3 is 5.32 Å². The van der Waals surface area contributed by atoms with Crippen LogP contribution in [0.4, 0.5) is 5.69 Å². The first-order valence-corrected chi connectivity index (χ1v) is 11.2. The first-order chi connectivity index (χ1) is 16.2. The minimum Gasteiger partial charge on any atom is -0.326 e. The Kier molecular flexibility index (Phi) is 5.73. The van der Waals surface area contributed by atoms with Crippen LogP contribution >= 0.6 is 0 Å². The third kappa shape index (κ3) is 4.55. The molecular weight excluding hydrogens is 406 g/mol. The minimum atomic E-state index is -0.00586. The number of fused-ring (bicyclic) bond motifs is 1. The lowest BCUT2D eigenvalue weighted by atomic mass is 10.0. The van der Waals surface area contributed by atoms with E-state index in [9.17, 15) is 4.79 Å². The van der Waals surface area contributed by atoms with Crippen molar-refractivity contribution >= 4 is 22.4 Å². The summed E-state index contributed by atoms with van der Waals surface area (Å²) < 4.78 is 1.90. The molecule has 5 rings (SSSR count). The Labute approximate surface area is 193 Å². The SMILES string of the molecule is Cc1ccc(-c2nn(-c3ccccc3)cc2CCC(=O)Nc2cccc3ccccc23)cc1. The molecule has 33 heavy (non-hydrogen) atoms. The molecule has 0 aliphatic rings. The van der Waals surface area contributed by atoms with Gasteiger partial charge in [0.25, 0.3) is 0 Å². The third-order valence-corrected chi connectivity index (χ3v) is 5.82. The lowest BCUT2D eigenvalue weighted by molar-refractivity contribution is -0.116. The van der Waals surface area contributed by atoms with Crippen molar-refractivity contribution in [3.05, 3.63) is 114 Å². The first kappa shape index (κ1) is 20.7. The van der Waals surface area contributed by atoms with Crippen LogP contribution in [0.5, 0.6) is 0 Å². The molecule has 162 valence electrons. The van der Waals surface area contributed by atoms with Crippen LogP contribution in [0.25, 0.3) is 27.7 Å². The Morgan fingerprint density at radius 1 is 0.848 bits per heavy atom. The summed E-state index contributed by atoms with van der Waals surface area (Å²) in [7, 11) is 0. The Morgan fingerprint density at radius 2 is 1.58 bits per heavy atom. The van der Waals surface area contributed by atoms with E-state index < -0.39 is 0 Å². The van der Waals surface area contributed by atoms with Crippen molar-refractivity contribution in [1.29, 1.82) is 0 Å². The Morgan fingerprint density at radius 3 is 2.39 bits per heavy atom. The van der Waals surface area contributed by atoms with E-state index in [1.807, 2.05) is 71.5 Å². The summed E-state index contributed by atoms with van der Waals surface area (Å²) in [5.41, 5.74) is 6.07. The van der Waals surface area contributed by atoms with Crippen LogP contribution in [0.15, 0.2) is 103 Å². The molecule has 4 heteroatoms. The molecule has 1 N–H and O–H groups in total. The molecule has 0 fully saturated rings. The van der Waals surface area contributed by atoms with Crippen LogP contribution in [0.3, 0.4) is 0 Å². The van der Waals surface area contributed by atoms with Gasteiger partial charge >= 0.3 is 0 Å². The molecule has 0 aliphatic heterocycles. The van der Waals surface area contributed by atoms with Crippen molar-refractivity contribution in [3.8, 4) is 16.9 Å². The molecule has 0 radical (unpaired) electrons. The van der Waals surface area contributed by atoms with E-state index in [2.05, 4.69) is 48.6 Å². The number of hydrogen-bond acceptors (Lipinski definition) is 2. The largest absolute Gasteiger partial charge is 0.326 e. The number of rotatable bonds is 6. The van der Waals surface area contributed by atoms with Gasteiger partial charge in [0, 0.05) is 29.3 Å². The predicted octanol–water partition coefficient (Wildman–Crippen LogP) is 6.57. The van der Waals surface area contributed by atoms with Crippen molar-refractivity contribution in [2.75, 3.05) is 5.32 Å². The summed E-state index contributed by atoms with van der Waals surface area (Å²) in [5, 5.41) is 10.1. The van der Waals surface area contributed by atoms with Crippen LogP contribution in [0.1, 0.15) is 17.5 Å². The second kappa shape index (κ2) is 9.13. The number of nitrogens with zero attached hydrogens (tertiary/aromatic N) is 2. The van der Waals surface area contributed by atoms with Crippen LogP contribution in [0.2, 0.25) is 0 Å². The summed E-state index contributed by atoms with van der Waals surface area (Å²) in [6.45, 7) is 2.07. The minimum absolute atomic E-state index is 0.00586. The van der Waals surface area contributed by atoms with Crippen molar-refractivity contribution in [1.82, 2.24) is 9.78 Å². The molecule has 0 atom stereocenters. The van der Waals surface area contributed by atoms with E-state index in [0.29, 0.717) is 12.8 Å². The molecule has 0 bridgehead atoms. The normalized spacial score (nSPS) is 10.9. The van der Waals surface area contributed by atoms with Gasteiger partial charge in [-0.25, -0.2) is 4.68 Å². The van der Waals surface area contributed by atoms with E-state index in [1.54, 1.807) is 0 Å². The molecule has 1 heterocycles. The van der Waals surface area contributed by atoms with Crippen LogP contribution in [-0.4, -0.2) is 15.7 Å². The number of aryl methyl sites for hydroxylation is 2. The van der Waals surface area contributed by atoms with Crippen molar-refractivity contribution in [3.63, 3.8) is 0 Å². The maximum absolute atomic E-state index is 12.9. The summed E-state index contributed by atoms with van der Waals surface area (Å²) in [4.78, 5) is 12.9. The molecule has 0 unspecified atom stereocenters. The number of carbonyl (C=O) groups excluding carboxylic acids is 1. The molecule has 1 amide bonds. The van der Waals surface area contributed by atoms with Gasteiger partial charge in [-0.2, -0.15) is 5.10 Å². The third-order valence-electron chi connectivity index (χ3n) is 5.82. The second-order valence-corrected chi connectivity index (χ2v) is 8.22. The number of carbonyl (C=O) groups is 1. The van der Waals surface area contributed by atoms with Crippen LogP contribution in [0, 0.1) is 6.92 Å². The zero-order valence-electron chi connectivity index (χ0n) is 18.5. The zero-order valence-corrected chi connectivity index (χ0v) is 18.5. The number of anilines is 1. The summed E-state index contributed by atoms with van der Waals surface area (Å²) in [6.07, 6.45) is 3.02. The molecule has 0 spiro atoms. The van der Waals surface area contributed by atoms with E-state index in [-0.39, 0.29) is 5.91 Å². The van der Waals surface area contributed by atoms with Gasteiger partial charge in [0.05, 0.1) is 11.4 Å². The first-order valence-electron chi connectivity index (χ1n) is 11.2. The number of hydrogen-bond donors (Lipinski definition) is 1. The van der Waals surface area contributed by atoms with Crippen molar-refractivity contribution in [2.45, 2.75) is 19.8 Å². The fraction of sp³-hybridized carbons (Fsp3) is 0.103. The standard InChI is InChI=1S/C29H25N3O/c1-21-14-16-23(17-15-21)29-24(20-32(31-29)25-10-3-2-4-11-25)18-19-28(33)30-27-13-7-9-22-8-5-6-12-26(22)27/h2-17,20H,18-19H2,1H3,(H,30,33). The zero-order chi connectivity index (χ0) is 22.6. The van der Waals surface area contributed by atoms with Crippen molar-refractivity contribution < 1.29 is 4.79 Å². The number of benzene rings is 4. The van der Waals surface area contributed by atoms with Crippen molar-refractivity contribution in [2.24, 2.45) is 0 Å². The highest BCUT2D eigenvalue weighted by molar-refractivity contribution is 6.02. The topological polar surface area (TPSA) is 46.9 Å². The Bertz CT molecular complexity index is 1400. The highest BCUT2D eigenvalue weighted by atomic mass is 16.1. The highest BCUT2D eigenvalue weighted by Crippen LogP contribution is 2.26. The van der Waals surface area contributed by atoms with E-state index in [1.165, 1.54) is 5.56 Å². The Hall–Kier alpha value is -4.18. The predicted molar refractivity (Wildman–Crippen MR) is 135 cm³/mol. The fourth-order valence-electron chi connectivity index (χ4n) is 4.06. The number of aromatic nitrogens is 2. The smallest absolute Gasteiger partial charge is 0.224 e. The van der Waals surface area contributed by atoms with Gasteiger partial charge in [-0.1, -0.05) is 84.4 Å².